The third-order valence-corrected chi connectivity index (χ3v) is 2.95. The SMILES string of the molecule is CCCCC(N)CNc1ccc(CN(C)C)cc1. The van der Waals surface area contributed by atoms with E-state index in [0.29, 0.717) is 0 Å². The second-order valence-corrected chi connectivity index (χ2v) is 5.22. The van der Waals surface area contributed by atoms with Gasteiger partial charge in [0.1, 0.15) is 0 Å². The first kappa shape index (κ1) is 15.0. The molecule has 1 aromatic carbocycles. The Morgan fingerprint density at radius 1 is 1.22 bits per heavy atom. The molecule has 0 spiro atoms. The summed E-state index contributed by atoms with van der Waals surface area (Å²) in [6.07, 6.45) is 3.53. The molecule has 0 amide bonds. The molecule has 3 N–H and O–H groups in total. The third kappa shape index (κ3) is 6.03. The van der Waals surface area contributed by atoms with Crippen LogP contribution < -0.4 is 11.1 Å². The normalized spacial score (nSPS) is 12.7. The summed E-state index contributed by atoms with van der Waals surface area (Å²) in [7, 11) is 4.16. The second-order valence-electron chi connectivity index (χ2n) is 5.22. The zero-order chi connectivity index (χ0) is 13.4. The van der Waals surface area contributed by atoms with Crippen molar-refractivity contribution in [1.82, 2.24) is 4.90 Å². The van der Waals surface area contributed by atoms with E-state index in [4.69, 9.17) is 5.73 Å². The van der Waals surface area contributed by atoms with Gasteiger partial charge in [-0.2, -0.15) is 0 Å². The molecule has 0 aromatic heterocycles. The lowest BCUT2D eigenvalue weighted by Gasteiger charge is -2.14. The first-order chi connectivity index (χ1) is 8.61. The van der Waals surface area contributed by atoms with Crippen LogP contribution in [0.25, 0.3) is 0 Å². The van der Waals surface area contributed by atoms with Crippen LogP contribution in [0.4, 0.5) is 5.69 Å². The van der Waals surface area contributed by atoms with Crippen molar-refractivity contribution < 1.29 is 0 Å². The molecule has 1 rings (SSSR count). The fourth-order valence-corrected chi connectivity index (χ4v) is 1.91. The summed E-state index contributed by atoms with van der Waals surface area (Å²) in [5.74, 6) is 0. The quantitative estimate of drug-likeness (QED) is 0.744. The summed E-state index contributed by atoms with van der Waals surface area (Å²) in [6, 6.07) is 8.85. The summed E-state index contributed by atoms with van der Waals surface area (Å²) in [4.78, 5) is 2.17. The van der Waals surface area contributed by atoms with Gasteiger partial charge in [-0.1, -0.05) is 31.9 Å². The highest BCUT2D eigenvalue weighted by atomic mass is 15.0. The zero-order valence-electron chi connectivity index (χ0n) is 11.9. The lowest BCUT2D eigenvalue weighted by molar-refractivity contribution is 0.402. The number of benzene rings is 1. The van der Waals surface area contributed by atoms with Gasteiger partial charge in [0.15, 0.2) is 0 Å². The molecule has 1 atom stereocenters. The Kier molecular flexibility index (Phi) is 6.76. The van der Waals surface area contributed by atoms with E-state index in [9.17, 15) is 0 Å². The Hall–Kier alpha value is -1.06. The molecule has 0 radical (unpaired) electrons. The molecule has 1 unspecified atom stereocenters. The predicted octanol–water partition coefficient (Wildman–Crippen LogP) is 2.68. The molecular weight excluding hydrogens is 222 g/mol. The van der Waals surface area contributed by atoms with Crippen molar-refractivity contribution in [3.63, 3.8) is 0 Å². The van der Waals surface area contributed by atoms with Crippen LogP contribution in [0.3, 0.4) is 0 Å². The summed E-state index contributed by atoms with van der Waals surface area (Å²) in [5, 5.41) is 3.40. The molecule has 0 aliphatic carbocycles. The minimum atomic E-state index is 0.256. The Balaban J connectivity index is 2.34. The molecule has 0 bridgehead atoms. The highest BCUT2D eigenvalue weighted by Gasteiger charge is 2.01. The van der Waals surface area contributed by atoms with Crippen molar-refractivity contribution >= 4 is 5.69 Å². The second kappa shape index (κ2) is 8.11. The molecule has 0 aliphatic heterocycles. The number of hydrogen-bond donors (Lipinski definition) is 2. The van der Waals surface area contributed by atoms with E-state index in [2.05, 4.69) is 55.5 Å². The van der Waals surface area contributed by atoms with Gasteiger partial charge in [0, 0.05) is 24.8 Å². The Morgan fingerprint density at radius 2 is 1.89 bits per heavy atom. The summed E-state index contributed by atoms with van der Waals surface area (Å²) >= 11 is 0. The van der Waals surface area contributed by atoms with Crippen LogP contribution in [0.2, 0.25) is 0 Å². The number of unbranched alkanes of at least 4 members (excludes halogenated alkanes) is 1. The Bertz CT molecular complexity index is 319. The lowest BCUT2D eigenvalue weighted by Crippen LogP contribution is -2.28. The van der Waals surface area contributed by atoms with E-state index in [1.807, 2.05) is 0 Å². The van der Waals surface area contributed by atoms with Crippen LogP contribution in [-0.2, 0) is 6.54 Å². The summed E-state index contributed by atoms with van der Waals surface area (Å²) in [5.41, 5.74) is 8.53. The van der Waals surface area contributed by atoms with Crippen LogP contribution in [0, 0.1) is 0 Å². The average molecular weight is 249 g/mol. The molecular formula is C15H27N3. The molecule has 0 fully saturated rings. The largest absolute Gasteiger partial charge is 0.383 e. The van der Waals surface area contributed by atoms with E-state index >= 15 is 0 Å². The van der Waals surface area contributed by atoms with Gasteiger partial charge in [0.05, 0.1) is 0 Å². The smallest absolute Gasteiger partial charge is 0.0340 e. The number of hydrogen-bond acceptors (Lipinski definition) is 3. The average Bonchev–Trinajstić information content (AvgIpc) is 2.35. The van der Waals surface area contributed by atoms with E-state index in [1.165, 1.54) is 18.4 Å². The number of nitrogens with two attached hydrogens (primary N) is 1. The molecule has 0 aliphatic rings. The molecule has 0 saturated heterocycles. The Labute approximate surface area is 111 Å². The maximum absolute atomic E-state index is 6.03. The molecule has 3 nitrogen and oxygen atoms in total. The maximum Gasteiger partial charge on any atom is 0.0340 e. The van der Waals surface area contributed by atoms with Crippen LogP contribution >= 0.6 is 0 Å². The van der Waals surface area contributed by atoms with Gasteiger partial charge < -0.3 is 16.0 Å². The van der Waals surface area contributed by atoms with Gasteiger partial charge in [0.2, 0.25) is 0 Å². The van der Waals surface area contributed by atoms with Gasteiger partial charge in [-0.25, -0.2) is 0 Å². The maximum atomic E-state index is 6.03. The fraction of sp³-hybridized carbons (Fsp3) is 0.600. The molecule has 0 saturated carbocycles. The van der Waals surface area contributed by atoms with Gasteiger partial charge >= 0.3 is 0 Å². The van der Waals surface area contributed by atoms with E-state index < -0.39 is 0 Å². The molecule has 0 heterocycles. The predicted molar refractivity (Wildman–Crippen MR) is 79.8 cm³/mol. The minimum absolute atomic E-state index is 0.256. The number of rotatable bonds is 8. The van der Waals surface area contributed by atoms with Crippen LogP contribution in [0.15, 0.2) is 24.3 Å². The van der Waals surface area contributed by atoms with Crippen molar-refractivity contribution in [3.05, 3.63) is 29.8 Å². The number of anilines is 1. The first-order valence-electron chi connectivity index (χ1n) is 6.85. The zero-order valence-corrected chi connectivity index (χ0v) is 11.9. The minimum Gasteiger partial charge on any atom is -0.383 e. The van der Waals surface area contributed by atoms with Crippen molar-refractivity contribution in [2.45, 2.75) is 38.8 Å². The van der Waals surface area contributed by atoms with Crippen LogP contribution in [-0.4, -0.2) is 31.6 Å². The summed E-state index contributed by atoms with van der Waals surface area (Å²) < 4.78 is 0. The molecule has 18 heavy (non-hydrogen) atoms. The topological polar surface area (TPSA) is 41.3 Å². The fourth-order valence-electron chi connectivity index (χ4n) is 1.91. The van der Waals surface area contributed by atoms with Crippen molar-refractivity contribution in [2.24, 2.45) is 5.73 Å². The number of nitrogens with one attached hydrogen (secondary N) is 1. The van der Waals surface area contributed by atoms with E-state index in [-0.39, 0.29) is 6.04 Å². The standard InChI is InChI=1S/C15H27N3/c1-4-5-6-14(16)11-17-15-9-7-13(8-10-15)12-18(2)3/h7-10,14,17H,4-6,11-12,16H2,1-3H3. The monoisotopic (exact) mass is 249 g/mol. The number of nitrogens with zero attached hydrogens (tertiary/aromatic N) is 1. The highest BCUT2D eigenvalue weighted by molar-refractivity contribution is 5.44. The van der Waals surface area contributed by atoms with E-state index in [1.54, 1.807) is 0 Å². The van der Waals surface area contributed by atoms with Crippen molar-refractivity contribution in [1.29, 1.82) is 0 Å². The first-order valence-corrected chi connectivity index (χ1v) is 6.85. The van der Waals surface area contributed by atoms with Crippen LogP contribution in [0.5, 0.6) is 0 Å². The van der Waals surface area contributed by atoms with Gasteiger partial charge in [-0.05, 0) is 38.2 Å². The van der Waals surface area contributed by atoms with Gasteiger partial charge in [-0.3, -0.25) is 0 Å². The summed E-state index contributed by atoms with van der Waals surface area (Å²) in [6.45, 7) is 4.03. The van der Waals surface area contributed by atoms with Crippen molar-refractivity contribution in [2.75, 3.05) is 26.0 Å². The molecule has 1 aromatic rings. The van der Waals surface area contributed by atoms with Crippen molar-refractivity contribution in [3.8, 4) is 0 Å². The van der Waals surface area contributed by atoms with Crippen LogP contribution in [0.1, 0.15) is 31.7 Å². The van der Waals surface area contributed by atoms with E-state index in [0.717, 1.165) is 25.2 Å². The lowest BCUT2D eigenvalue weighted by atomic mass is 10.1. The van der Waals surface area contributed by atoms with Gasteiger partial charge in [0.25, 0.3) is 0 Å². The highest BCUT2D eigenvalue weighted by Crippen LogP contribution is 2.11. The van der Waals surface area contributed by atoms with Gasteiger partial charge in [-0.15, -0.1) is 0 Å². The third-order valence-electron chi connectivity index (χ3n) is 2.95. The molecule has 102 valence electrons. The molecule has 3 heteroatoms. The Morgan fingerprint density at radius 3 is 2.44 bits per heavy atom.